The Hall–Kier alpha value is -1.55. The third-order valence-electron chi connectivity index (χ3n) is 2.30. The number of nitrogens with zero attached hydrogens (tertiary/aromatic N) is 1. The van der Waals surface area contributed by atoms with Crippen molar-refractivity contribution < 1.29 is 9.90 Å². The molecule has 0 fully saturated rings. The Morgan fingerprint density at radius 3 is 2.85 bits per heavy atom. The number of rotatable bonds is 0. The Morgan fingerprint density at radius 1 is 1.54 bits per heavy atom. The van der Waals surface area contributed by atoms with Gasteiger partial charge in [-0.3, -0.25) is 4.90 Å². The minimum Gasteiger partial charge on any atom is -0.465 e. The van der Waals surface area contributed by atoms with E-state index in [0.717, 1.165) is 11.1 Å². The average Bonchev–Trinajstić information content (AvgIpc) is 2.45. The van der Waals surface area contributed by atoms with Crippen molar-refractivity contribution in [2.75, 3.05) is 0 Å². The molecule has 68 valence electrons. The van der Waals surface area contributed by atoms with Crippen LogP contribution in [0.15, 0.2) is 24.3 Å². The van der Waals surface area contributed by atoms with E-state index in [2.05, 4.69) is 0 Å². The summed E-state index contributed by atoms with van der Waals surface area (Å²) in [6.45, 7) is 0.396. The monoisotopic (exact) mass is 178 g/mol. The predicted molar refractivity (Wildman–Crippen MR) is 46.9 cm³/mol. The van der Waals surface area contributed by atoms with E-state index in [1.54, 1.807) is 0 Å². The van der Waals surface area contributed by atoms with E-state index in [9.17, 15) is 4.79 Å². The van der Waals surface area contributed by atoms with Crippen LogP contribution in [0.2, 0.25) is 0 Å². The lowest BCUT2D eigenvalue weighted by molar-refractivity contribution is 0.130. The maximum Gasteiger partial charge on any atom is 0.409 e. The molecular weight excluding hydrogens is 168 g/mol. The summed E-state index contributed by atoms with van der Waals surface area (Å²) < 4.78 is 0. The molecule has 1 heterocycles. The summed E-state index contributed by atoms with van der Waals surface area (Å²) in [4.78, 5) is 12.0. The molecule has 3 N–H and O–H groups in total. The Balaban J connectivity index is 2.38. The zero-order valence-corrected chi connectivity index (χ0v) is 6.97. The first-order valence-electron chi connectivity index (χ1n) is 4.03. The standard InChI is InChI=1S/C9H10N2O2/c10-8-7-4-2-1-3-6(7)5-11(8)9(12)13/h1-4,8H,5,10H2,(H,12,13). The number of hydrogen-bond acceptors (Lipinski definition) is 2. The van der Waals surface area contributed by atoms with Gasteiger partial charge in [-0.05, 0) is 11.1 Å². The van der Waals surface area contributed by atoms with Gasteiger partial charge in [-0.1, -0.05) is 24.3 Å². The third-order valence-corrected chi connectivity index (χ3v) is 2.30. The third kappa shape index (κ3) is 1.15. The number of carboxylic acid groups (broad SMARTS) is 1. The number of fused-ring (bicyclic) bond motifs is 1. The number of nitrogens with two attached hydrogens (primary N) is 1. The molecule has 0 bridgehead atoms. The van der Waals surface area contributed by atoms with E-state index in [-0.39, 0.29) is 0 Å². The molecule has 0 aliphatic carbocycles. The first kappa shape index (κ1) is 8.07. The fourth-order valence-corrected chi connectivity index (χ4v) is 1.60. The fraction of sp³-hybridized carbons (Fsp3) is 0.222. The van der Waals surface area contributed by atoms with E-state index in [1.165, 1.54) is 4.90 Å². The van der Waals surface area contributed by atoms with Gasteiger partial charge in [-0.15, -0.1) is 0 Å². The van der Waals surface area contributed by atoms with Gasteiger partial charge in [-0.25, -0.2) is 4.79 Å². The average molecular weight is 178 g/mol. The van der Waals surface area contributed by atoms with E-state index < -0.39 is 12.3 Å². The molecular formula is C9H10N2O2. The molecule has 4 nitrogen and oxygen atoms in total. The first-order valence-corrected chi connectivity index (χ1v) is 4.03. The molecule has 13 heavy (non-hydrogen) atoms. The highest BCUT2D eigenvalue weighted by Crippen LogP contribution is 2.29. The lowest BCUT2D eigenvalue weighted by Crippen LogP contribution is -2.32. The van der Waals surface area contributed by atoms with Crippen molar-refractivity contribution in [3.63, 3.8) is 0 Å². The van der Waals surface area contributed by atoms with Gasteiger partial charge in [-0.2, -0.15) is 0 Å². The van der Waals surface area contributed by atoms with Crippen molar-refractivity contribution in [3.05, 3.63) is 35.4 Å². The van der Waals surface area contributed by atoms with E-state index in [0.29, 0.717) is 6.54 Å². The van der Waals surface area contributed by atoms with Crippen LogP contribution in [0.5, 0.6) is 0 Å². The highest BCUT2D eigenvalue weighted by atomic mass is 16.4. The van der Waals surface area contributed by atoms with Crippen molar-refractivity contribution in [2.45, 2.75) is 12.7 Å². The van der Waals surface area contributed by atoms with Gasteiger partial charge in [0.15, 0.2) is 0 Å². The maximum absolute atomic E-state index is 10.7. The Labute approximate surface area is 75.6 Å². The lowest BCUT2D eigenvalue weighted by atomic mass is 10.1. The highest BCUT2D eigenvalue weighted by Gasteiger charge is 2.29. The van der Waals surface area contributed by atoms with Crippen LogP contribution in [0.25, 0.3) is 0 Å². The quantitative estimate of drug-likeness (QED) is 0.626. The largest absolute Gasteiger partial charge is 0.465 e. The lowest BCUT2D eigenvalue weighted by Gasteiger charge is -2.17. The van der Waals surface area contributed by atoms with E-state index in [4.69, 9.17) is 10.8 Å². The maximum atomic E-state index is 10.7. The molecule has 1 amide bonds. The Kier molecular flexibility index (Phi) is 1.70. The van der Waals surface area contributed by atoms with Crippen molar-refractivity contribution in [1.29, 1.82) is 0 Å². The van der Waals surface area contributed by atoms with Crippen molar-refractivity contribution in [3.8, 4) is 0 Å². The Morgan fingerprint density at radius 2 is 2.23 bits per heavy atom. The minimum absolute atomic E-state index is 0.396. The van der Waals surface area contributed by atoms with Crippen molar-refractivity contribution in [2.24, 2.45) is 5.73 Å². The van der Waals surface area contributed by atoms with Crippen LogP contribution in [0.4, 0.5) is 4.79 Å². The highest BCUT2D eigenvalue weighted by molar-refractivity contribution is 5.67. The summed E-state index contributed by atoms with van der Waals surface area (Å²) in [5.41, 5.74) is 7.64. The molecule has 1 atom stereocenters. The van der Waals surface area contributed by atoms with Crippen LogP contribution in [-0.2, 0) is 6.54 Å². The molecule has 0 saturated carbocycles. The van der Waals surface area contributed by atoms with Crippen molar-refractivity contribution >= 4 is 6.09 Å². The summed E-state index contributed by atoms with van der Waals surface area (Å²) in [6.07, 6.45) is -1.47. The number of benzene rings is 1. The second kappa shape index (κ2) is 2.74. The van der Waals surface area contributed by atoms with Gasteiger partial charge >= 0.3 is 6.09 Å². The Bertz CT molecular complexity index is 351. The summed E-state index contributed by atoms with van der Waals surface area (Å²) >= 11 is 0. The second-order valence-electron chi connectivity index (χ2n) is 3.05. The van der Waals surface area contributed by atoms with Crippen LogP contribution < -0.4 is 5.73 Å². The molecule has 0 spiro atoms. The minimum atomic E-state index is -0.969. The number of hydrogen-bond donors (Lipinski definition) is 2. The molecule has 0 radical (unpaired) electrons. The SMILES string of the molecule is NC1c2ccccc2CN1C(=O)O. The van der Waals surface area contributed by atoms with E-state index in [1.807, 2.05) is 24.3 Å². The number of carbonyl (C=O) groups is 1. The smallest absolute Gasteiger partial charge is 0.409 e. The predicted octanol–water partition coefficient (Wildman–Crippen LogP) is 1.14. The molecule has 1 aliphatic heterocycles. The molecule has 1 unspecified atom stereocenters. The molecule has 1 aliphatic rings. The fourth-order valence-electron chi connectivity index (χ4n) is 1.60. The zero-order chi connectivity index (χ0) is 9.42. The molecule has 4 heteroatoms. The van der Waals surface area contributed by atoms with Crippen molar-refractivity contribution in [1.82, 2.24) is 4.90 Å². The van der Waals surface area contributed by atoms with Gasteiger partial charge in [0.05, 0.1) is 6.54 Å². The zero-order valence-electron chi connectivity index (χ0n) is 6.97. The van der Waals surface area contributed by atoms with Gasteiger partial charge < -0.3 is 10.8 Å². The van der Waals surface area contributed by atoms with E-state index >= 15 is 0 Å². The van der Waals surface area contributed by atoms with Crippen LogP contribution in [0.1, 0.15) is 17.3 Å². The molecule has 0 aromatic heterocycles. The second-order valence-corrected chi connectivity index (χ2v) is 3.05. The van der Waals surface area contributed by atoms with Gasteiger partial charge in [0.1, 0.15) is 6.17 Å². The molecule has 1 aromatic carbocycles. The molecule has 0 saturated heterocycles. The van der Waals surface area contributed by atoms with Crippen LogP contribution >= 0.6 is 0 Å². The summed E-state index contributed by atoms with van der Waals surface area (Å²) in [5.74, 6) is 0. The van der Waals surface area contributed by atoms with Crippen LogP contribution in [-0.4, -0.2) is 16.1 Å². The summed E-state index contributed by atoms with van der Waals surface area (Å²) in [6, 6.07) is 7.52. The van der Waals surface area contributed by atoms with Crippen LogP contribution in [0.3, 0.4) is 0 Å². The summed E-state index contributed by atoms with van der Waals surface area (Å²) in [5, 5.41) is 8.80. The van der Waals surface area contributed by atoms with Gasteiger partial charge in [0, 0.05) is 0 Å². The topological polar surface area (TPSA) is 66.6 Å². The van der Waals surface area contributed by atoms with Crippen LogP contribution in [0, 0.1) is 0 Å². The molecule has 1 aromatic rings. The van der Waals surface area contributed by atoms with Gasteiger partial charge in [0.25, 0.3) is 0 Å². The first-order chi connectivity index (χ1) is 6.20. The van der Waals surface area contributed by atoms with Gasteiger partial charge in [0.2, 0.25) is 0 Å². The summed E-state index contributed by atoms with van der Waals surface area (Å²) in [7, 11) is 0. The molecule has 2 rings (SSSR count). The normalized spacial score (nSPS) is 20.1. The number of amides is 1.